The van der Waals surface area contributed by atoms with Gasteiger partial charge in [0.15, 0.2) is 0 Å². The molecule has 0 radical (unpaired) electrons. The Bertz CT molecular complexity index is 744. The number of nitrogen functional groups attached to an aromatic ring is 1. The van der Waals surface area contributed by atoms with Crippen molar-refractivity contribution < 1.29 is 4.79 Å². The lowest BCUT2D eigenvalue weighted by molar-refractivity contribution is -0.116. The fraction of sp³-hybridized carbons (Fsp3) is 0.231. The van der Waals surface area contributed by atoms with Crippen LogP contribution in [0.5, 0.6) is 0 Å². The fourth-order valence-corrected chi connectivity index (χ4v) is 3.23. The molecule has 3 N–H and O–H groups in total. The molecule has 1 aromatic carbocycles. The second kappa shape index (κ2) is 6.09. The van der Waals surface area contributed by atoms with Crippen molar-refractivity contribution in [3.05, 3.63) is 42.4 Å². The molecular formula is C13H13Cl2N3O2S. The van der Waals surface area contributed by atoms with Crippen molar-refractivity contribution in [2.75, 3.05) is 11.1 Å². The Kier molecular flexibility index (Phi) is 4.61. The zero-order valence-corrected chi connectivity index (χ0v) is 13.7. The van der Waals surface area contributed by atoms with Crippen LogP contribution in [0, 0.1) is 13.8 Å². The molecule has 5 nitrogen and oxygen atoms in total. The number of nitrogens with two attached hydrogens (primary N) is 1. The summed E-state index contributed by atoms with van der Waals surface area (Å²) in [5, 5.41) is 3.10. The van der Waals surface area contributed by atoms with Gasteiger partial charge < -0.3 is 11.1 Å². The summed E-state index contributed by atoms with van der Waals surface area (Å²) in [6.45, 7) is 3.54. The van der Waals surface area contributed by atoms with Gasteiger partial charge in [-0.25, -0.2) is 0 Å². The minimum absolute atomic E-state index is 0.0912. The van der Waals surface area contributed by atoms with E-state index >= 15 is 0 Å². The third kappa shape index (κ3) is 3.40. The van der Waals surface area contributed by atoms with Crippen LogP contribution in [0.25, 0.3) is 0 Å². The second-order valence-corrected chi connectivity index (χ2v) is 6.48. The molecule has 8 heteroatoms. The van der Waals surface area contributed by atoms with E-state index in [0.29, 0.717) is 5.69 Å². The van der Waals surface area contributed by atoms with Crippen molar-refractivity contribution in [1.82, 2.24) is 4.57 Å². The molecule has 0 bridgehead atoms. The van der Waals surface area contributed by atoms with E-state index in [0.717, 1.165) is 21.9 Å². The van der Waals surface area contributed by atoms with Crippen LogP contribution in [0.1, 0.15) is 10.6 Å². The number of nitrogens with one attached hydrogen (secondary N) is 1. The number of hydrogen-bond donors (Lipinski definition) is 2. The van der Waals surface area contributed by atoms with E-state index in [1.807, 2.05) is 6.92 Å². The topological polar surface area (TPSA) is 77.1 Å². The van der Waals surface area contributed by atoms with Crippen LogP contribution in [-0.4, -0.2) is 10.5 Å². The van der Waals surface area contributed by atoms with E-state index in [1.54, 1.807) is 6.92 Å². The smallest absolute Gasteiger partial charge is 0.308 e. The van der Waals surface area contributed by atoms with Crippen molar-refractivity contribution in [3.63, 3.8) is 0 Å². The van der Waals surface area contributed by atoms with Crippen molar-refractivity contribution in [2.24, 2.45) is 0 Å². The van der Waals surface area contributed by atoms with E-state index in [1.165, 1.54) is 16.7 Å². The van der Waals surface area contributed by atoms with Crippen molar-refractivity contribution in [1.29, 1.82) is 0 Å². The maximum atomic E-state index is 12.1. The van der Waals surface area contributed by atoms with Crippen LogP contribution in [0.4, 0.5) is 11.4 Å². The monoisotopic (exact) mass is 345 g/mol. The van der Waals surface area contributed by atoms with Crippen molar-refractivity contribution in [2.45, 2.75) is 20.4 Å². The molecule has 0 spiro atoms. The average Bonchev–Trinajstić information content (AvgIpc) is 2.60. The molecule has 2 rings (SSSR count). The molecule has 0 unspecified atom stereocenters. The molecule has 0 aliphatic carbocycles. The SMILES string of the molecule is Cc1sc(=O)n(CC(=O)Nc2c(Cl)cc(N)cc2Cl)c1C. The summed E-state index contributed by atoms with van der Waals surface area (Å²) < 4.78 is 1.41. The molecule has 0 saturated heterocycles. The molecule has 1 heterocycles. The van der Waals surface area contributed by atoms with Gasteiger partial charge >= 0.3 is 4.87 Å². The Morgan fingerprint density at radius 3 is 2.38 bits per heavy atom. The lowest BCUT2D eigenvalue weighted by atomic mass is 10.2. The zero-order valence-electron chi connectivity index (χ0n) is 11.4. The number of hydrogen-bond acceptors (Lipinski definition) is 4. The molecule has 1 aromatic heterocycles. The highest BCUT2D eigenvalue weighted by atomic mass is 35.5. The Morgan fingerprint density at radius 1 is 1.33 bits per heavy atom. The van der Waals surface area contributed by atoms with Gasteiger partial charge in [0.1, 0.15) is 6.54 Å². The minimum Gasteiger partial charge on any atom is -0.399 e. The van der Waals surface area contributed by atoms with Crippen LogP contribution >= 0.6 is 34.5 Å². The number of benzene rings is 1. The fourth-order valence-electron chi connectivity index (χ4n) is 1.80. The molecule has 0 aliphatic heterocycles. The van der Waals surface area contributed by atoms with Gasteiger partial charge in [0, 0.05) is 16.3 Å². The third-order valence-electron chi connectivity index (χ3n) is 3.01. The summed E-state index contributed by atoms with van der Waals surface area (Å²) in [4.78, 5) is 24.5. The number of amides is 1. The van der Waals surface area contributed by atoms with Crippen LogP contribution in [-0.2, 0) is 11.3 Å². The number of carbonyl (C=O) groups is 1. The molecular weight excluding hydrogens is 333 g/mol. The summed E-state index contributed by atoms with van der Waals surface area (Å²) in [5.74, 6) is -0.383. The van der Waals surface area contributed by atoms with Crippen LogP contribution in [0.3, 0.4) is 0 Å². The molecule has 0 atom stereocenters. The number of thiazole rings is 1. The molecule has 0 saturated carbocycles. The number of halogens is 2. The normalized spacial score (nSPS) is 10.7. The number of aryl methyl sites for hydroxylation is 1. The molecule has 112 valence electrons. The largest absolute Gasteiger partial charge is 0.399 e. The van der Waals surface area contributed by atoms with Gasteiger partial charge in [-0.2, -0.15) is 0 Å². The van der Waals surface area contributed by atoms with Gasteiger partial charge in [0.25, 0.3) is 0 Å². The standard InChI is InChI=1S/C13H13Cl2N3O2S/c1-6-7(2)21-13(20)18(6)5-11(19)17-12-9(14)3-8(16)4-10(12)15/h3-4H,5,16H2,1-2H3,(H,17,19). The number of carbonyl (C=O) groups excluding carboxylic acids is 1. The number of aromatic nitrogens is 1. The third-order valence-corrected chi connectivity index (χ3v) is 4.60. The average molecular weight is 346 g/mol. The van der Waals surface area contributed by atoms with Crippen LogP contribution in [0.15, 0.2) is 16.9 Å². The minimum atomic E-state index is -0.383. The second-order valence-electron chi connectivity index (χ2n) is 4.50. The van der Waals surface area contributed by atoms with Gasteiger partial charge in [-0.1, -0.05) is 34.5 Å². The molecule has 21 heavy (non-hydrogen) atoms. The van der Waals surface area contributed by atoms with Gasteiger partial charge in [0.2, 0.25) is 5.91 Å². The Labute approximate surface area is 135 Å². The van der Waals surface area contributed by atoms with Gasteiger partial charge in [-0.05, 0) is 26.0 Å². The lowest BCUT2D eigenvalue weighted by Crippen LogP contribution is -2.25. The Balaban J connectivity index is 2.22. The number of anilines is 2. The van der Waals surface area contributed by atoms with Crippen LogP contribution < -0.4 is 15.9 Å². The van der Waals surface area contributed by atoms with Gasteiger partial charge in [-0.3, -0.25) is 14.2 Å². The highest BCUT2D eigenvalue weighted by molar-refractivity contribution is 7.09. The Morgan fingerprint density at radius 2 is 1.90 bits per heavy atom. The van der Waals surface area contributed by atoms with E-state index in [-0.39, 0.29) is 33.1 Å². The Hall–Kier alpha value is -1.50. The summed E-state index contributed by atoms with van der Waals surface area (Å²) >= 11 is 13.1. The zero-order chi connectivity index (χ0) is 15.7. The number of rotatable bonds is 3. The van der Waals surface area contributed by atoms with Crippen LogP contribution in [0.2, 0.25) is 10.0 Å². The maximum Gasteiger partial charge on any atom is 0.308 e. The van der Waals surface area contributed by atoms with E-state index in [4.69, 9.17) is 28.9 Å². The summed E-state index contributed by atoms with van der Waals surface area (Å²) in [6.07, 6.45) is 0. The molecule has 0 aliphatic rings. The predicted octanol–water partition coefficient (Wildman–Crippen LogP) is 3.05. The maximum absolute atomic E-state index is 12.1. The first-order valence-electron chi connectivity index (χ1n) is 6.00. The highest BCUT2D eigenvalue weighted by Gasteiger charge is 2.14. The van der Waals surface area contributed by atoms with E-state index in [2.05, 4.69) is 5.32 Å². The van der Waals surface area contributed by atoms with E-state index in [9.17, 15) is 9.59 Å². The first-order chi connectivity index (χ1) is 9.79. The molecule has 0 fully saturated rings. The van der Waals surface area contributed by atoms with Gasteiger partial charge in [-0.15, -0.1) is 0 Å². The number of nitrogens with zero attached hydrogens (tertiary/aromatic N) is 1. The lowest BCUT2D eigenvalue weighted by Gasteiger charge is -2.11. The van der Waals surface area contributed by atoms with Crippen molar-refractivity contribution in [3.8, 4) is 0 Å². The summed E-state index contributed by atoms with van der Waals surface area (Å²) in [5.41, 5.74) is 7.07. The highest BCUT2D eigenvalue weighted by Crippen LogP contribution is 2.32. The first kappa shape index (κ1) is 15.9. The molecule has 2 aromatic rings. The summed E-state index contributed by atoms with van der Waals surface area (Å²) in [7, 11) is 0. The van der Waals surface area contributed by atoms with Crippen molar-refractivity contribution >= 4 is 51.8 Å². The van der Waals surface area contributed by atoms with Gasteiger partial charge in [0.05, 0.1) is 15.7 Å². The summed E-state index contributed by atoms with van der Waals surface area (Å²) in [6, 6.07) is 2.99. The quantitative estimate of drug-likeness (QED) is 0.839. The first-order valence-corrected chi connectivity index (χ1v) is 7.58. The van der Waals surface area contributed by atoms with E-state index < -0.39 is 0 Å². The molecule has 1 amide bonds. The predicted molar refractivity (Wildman–Crippen MR) is 87.6 cm³/mol.